The molecule has 2 aromatic carbocycles. The van der Waals surface area contributed by atoms with Crippen LogP contribution in [0.3, 0.4) is 0 Å². The number of benzene rings is 2. The number of para-hydroxylation sites is 1. The lowest BCUT2D eigenvalue weighted by molar-refractivity contribution is 0.209. The van der Waals surface area contributed by atoms with Crippen LogP contribution in [0.2, 0.25) is 0 Å². The van der Waals surface area contributed by atoms with E-state index < -0.39 is 6.09 Å². The Labute approximate surface area is 154 Å². The Balaban J connectivity index is 1.55. The van der Waals surface area contributed by atoms with Gasteiger partial charge in [0, 0.05) is 24.6 Å². The fraction of sp³-hybridized carbons (Fsp3) is 0.182. The van der Waals surface area contributed by atoms with Gasteiger partial charge in [-0.15, -0.1) is 0 Å². The number of pyridine rings is 1. The molecule has 0 fully saturated rings. The Morgan fingerprint density at radius 1 is 0.962 bits per heavy atom. The number of anilines is 1. The highest BCUT2D eigenvalue weighted by molar-refractivity contribution is 5.88. The van der Waals surface area contributed by atoms with Gasteiger partial charge < -0.3 is 4.74 Å². The van der Waals surface area contributed by atoms with Crippen LogP contribution < -0.4 is 9.64 Å². The summed E-state index contributed by atoms with van der Waals surface area (Å²) in [5, 5.41) is 0. The van der Waals surface area contributed by atoms with Gasteiger partial charge in [-0.3, -0.25) is 9.88 Å². The molecule has 26 heavy (non-hydrogen) atoms. The Kier molecular flexibility index (Phi) is 5.64. The maximum absolute atomic E-state index is 12.2. The third-order valence-corrected chi connectivity index (χ3v) is 4.19. The van der Waals surface area contributed by atoms with Crippen LogP contribution in [0.15, 0.2) is 72.9 Å². The van der Waals surface area contributed by atoms with Gasteiger partial charge >= 0.3 is 6.09 Å². The molecular formula is C22H22N2O2. The molecule has 3 rings (SSSR count). The summed E-state index contributed by atoms with van der Waals surface area (Å²) in [5.74, 6) is 0.537. The molecule has 132 valence electrons. The molecule has 0 aliphatic carbocycles. The fourth-order valence-electron chi connectivity index (χ4n) is 2.57. The highest BCUT2D eigenvalue weighted by Gasteiger charge is 2.12. The number of hydrogen-bond donors (Lipinski definition) is 0. The number of rotatable bonds is 5. The summed E-state index contributed by atoms with van der Waals surface area (Å²) in [6.45, 7) is 2.03. The molecule has 1 amide bonds. The summed E-state index contributed by atoms with van der Waals surface area (Å²) in [4.78, 5) is 18.1. The Morgan fingerprint density at radius 3 is 2.35 bits per heavy atom. The van der Waals surface area contributed by atoms with Crippen LogP contribution in [0.5, 0.6) is 5.75 Å². The van der Waals surface area contributed by atoms with Crippen LogP contribution in [-0.4, -0.2) is 18.1 Å². The van der Waals surface area contributed by atoms with E-state index in [2.05, 4.69) is 17.1 Å². The highest BCUT2D eigenvalue weighted by atomic mass is 16.6. The topological polar surface area (TPSA) is 42.4 Å². The number of aryl methyl sites for hydroxylation is 3. The Bertz CT molecular complexity index is 844. The molecule has 4 heteroatoms. The molecule has 0 radical (unpaired) electrons. The predicted molar refractivity (Wildman–Crippen MR) is 104 cm³/mol. The number of amides is 1. The molecule has 0 atom stereocenters. The number of hydrogen-bond acceptors (Lipinski definition) is 3. The summed E-state index contributed by atoms with van der Waals surface area (Å²) in [7, 11) is 1.70. The van der Waals surface area contributed by atoms with Crippen LogP contribution in [0.4, 0.5) is 10.5 Å². The number of carbonyl (C=O) groups excluding carboxylic acids is 1. The van der Waals surface area contributed by atoms with E-state index in [0.29, 0.717) is 5.75 Å². The molecule has 1 heterocycles. The molecule has 0 saturated carbocycles. The van der Waals surface area contributed by atoms with Gasteiger partial charge in [0.05, 0.1) is 0 Å². The van der Waals surface area contributed by atoms with E-state index in [-0.39, 0.29) is 0 Å². The minimum Gasteiger partial charge on any atom is -0.410 e. The second kappa shape index (κ2) is 8.30. The average Bonchev–Trinajstić information content (AvgIpc) is 2.68. The van der Waals surface area contributed by atoms with E-state index in [0.717, 1.165) is 24.2 Å². The molecule has 0 bridgehead atoms. The summed E-state index contributed by atoms with van der Waals surface area (Å²) < 4.78 is 5.44. The van der Waals surface area contributed by atoms with E-state index in [1.54, 1.807) is 7.05 Å². The quantitative estimate of drug-likeness (QED) is 0.666. The number of ether oxygens (including phenoxy) is 1. The highest BCUT2D eigenvalue weighted by Crippen LogP contribution is 2.17. The van der Waals surface area contributed by atoms with Gasteiger partial charge in [-0.25, -0.2) is 4.79 Å². The Morgan fingerprint density at radius 2 is 1.69 bits per heavy atom. The van der Waals surface area contributed by atoms with Crippen molar-refractivity contribution in [3.05, 3.63) is 89.7 Å². The first-order valence-corrected chi connectivity index (χ1v) is 8.63. The normalized spacial score (nSPS) is 10.4. The van der Waals surface area contributed by atoms with Gasteiger partial charge in [0.25, 0.3) is 0 Å². The number of carbonyl (C=O) groups is 1. The average molecular weight is 346 g/mol. The van der Waals surface area contributed by atoms with Crippen molar-refractivity contribution in [3.63, 3.8) is 0 Å². The van der Waals surface area contributed by atoms with Crippen molar-refractivity contribution in [2.24, 2.45) is 0 Å². The third kappa shape index (κ3) is 4.70. The van der Waals surface area contributed by atoms with Gasteiger partial charge in [0.1, 0.15) is 5.75 Å². The first kappa shape index (κ1) is 17.7. The molecule has 4 nitrogen and oxygen atoms in total. The number of aromatic nitrogens is 1. The van der Waals surface area contributed by atoms with Crippen LogP contribution in [0, 0.1) is 6.92 Å². The molecular weight excluding hydrogens is 324 g/mol. The lowest BCUT2D eigenvalue weighted by Crippen LogP contribution is -2.29. The lowest BCUT2D eigenvalue weighted by atomic mass is 10.1. The molecule has 0 spiro atoms. The van der Waals surface area contributed by atoms with E-state index in [1.807, 2.05) is 67.7 Å². The smallest absolute Gasteiger partial charge is 0.410 e. The van der Waals surface area contributed by atoms with Gasteiger partial charge in [0.15, 0.2) is 0 Å². The van der Waals surface area contributed by atoms with Crippen LogP contribution >= 0.6 is 0 Å². The zero-order chi connectivity index (χ0) is 18.4. The van der Waals surface area contributed by atoms with Crippen LogP contribution in [-0.2, 0) is 12.8 Å². The summed E-state index contributed by atoms with van der Waals surface area (Å²) in [5.41, 5.74) is 4.22. The van der Waals surface area contributed by atoms with Gasteiger partial charge in [-0.05, 0) is 61.2 Å². The zero-order valence-corrected chi connectivity index (χ0v) is 15.1. The number of nitrogens with zero attached hydrogens (tertiary/aromatic N) is 2. The van der Waals surface area contributed by atoms with Crippen molar-refractivity contribution < 1.29 is 9.53 Å². The van der Waals surface area contributed by atoms with Crippen molar-refractivity contribution in [2.75, 3.05) is 11.9 Å². The first-order valence-electron chi connectivity index (χ1n) is 8.63. The molecule has 0 unspecified atom stereocenters. The summed E-state index contributed by atoms with van der Waals surface area (Å²) >= 11 is 0. The maximum Gasteiger partial charge on any atom is 0.419 e. The Hall–Kier alpha value is -3.14. The van der Waals surface area contributed by atoms with Crippen molar-refractivity contribution in [2.45, 2.75) is 19.8 Å². The van der Waals surface area contributed by atoms with Crippen LogP contribution in [0.1, 0.15) is 16.8 Å². The van der Waals surface area contributed by atoms with Crippen molar-refractivity contribution in [1.29, 1.82) is 0 Å². The molecule has 0 N–H and O–H groups in total. The summed E-state index contributed by atoms with van der Waals surface area (Å²) in [6.07, 6.45) is 3.26. The van der Waals surface area contributed by atoms with Crippen molar-refractivity contribution in [1.82, 2.24) is 4.98 Å². The van der Waals surface area contributed by atoms with E-state index in [9.17, 15) is 4.79 Å². The molecule has 0 saturated heterocycles. The monoisotopic (exact) mass is 346 g/mol. The van der Waals surface area contributed by atoms with Crippen molar-refractivity contribution in [3.8, 4) is 5.75 Å². The second-order valence-corrected chi connectivity index (χ2v) is 6.23. The first-order chi connectivity index (χ1) is 12.6. The van der Waals surface area contributed by atoms with Gasteiger partial charge in [0.2, 0.25) is 0 Å². The largest absolute Gasteiger partial charge is 0.419 e. The summed E-state index contributed by atoms with van der Waals surface area (Å²) in [6, 6.07) is 21.2. The van der Waals surface area contributed by atoms with Crippen LogP contribution in [0.25, 0.3) is 0 Å². The predicted octanol–water partition coefficient (Wildman–Crippen LogP) is 4.81. The van der Waals surface area contributed by atoms with E-state index >= 15 is 0 Å². The van der Waals surface area contributed by atoms with Gasteiger partial charge in [-0.2, -0.15) is 0 Å². The molecule has 3 aromatic rings. The van der Waals surface area contributed by atoms with E-state index in [4.69, 9.17) is 4.74 Å². The third-order valence-electron chi connectivity index (χ3n) is 4.19. The minimum absolute atomic E-state index is 0.409. The standard InChI is InChI=1S/C22H22N2O2/c1-17-8-12-19(23-16-17)13-9-18-10-14-21(15-11-18)26-22(25)24(2)20-6-4-3-5-7-20/h3-8,10-12,14-16H,9,13H2,1-2H3. The van der Waals surface area contributed by atoms with E-state index in [1.165, 1.54) is 16.0 Å². The lowest BCUT2D eigenvalue weighted by Gasteiger charge is -2.16. The molecule has 0 aliphatic rings. The minimum atomic E-state index is -0.409. The SMILES string of the molecule is Cc1ccc(CCc2ccc(OC(=O)N(C)c3ccccc3)cc2)nc1. The second-order valence-electron chi connectivity index (χ2n) is 6.23. The fourth-order valence-corrected chi connectivity index (χ4v) is 2.57. The van der Waals surface area contributed by atoms with Crippen molar-refractivity contribution >= 4 is 11.8 Å². The van der Waals surface area contributed by atoms with Gasteiger partial charge in [-0.1, -0.05) is 36.4 Å². The molecule has 1 aromatic heterocycles. The molecule has 0 aliphatic heterocycles. The zero-order valence-electron chi connectivity index (χ0n) is 15.1. The maximum atomic E-state index is 12.2.